The molecule has 0 bridgehead atoms. The summed E-state index contributed by atoms with van der Waals surface area (Å²) in [5, 5.41) is 4.18. The third-order valence-electron chi connectivity index (χ3n) is 4.62. The van der Waals surface area contributed by atoms with Crippen molar-refractivity contribution in [2.24, 2.45) is 0 Å². The minimum Gasteiger partial charge on any atom is -0.369 e. The van der Waals surface area contributed by atoms with Gasteiger partial charge in [-0.3, -0.25) is 4.68 Å². The van der Waals surface area contributed by atoms with Gasteiger partial charge in [-0.25, -0.2) is 8.42 Å². The van der Waals surface area contributed by atoms with Crippen molar-refractivity contribution in [2.75, 3.05) is 31.1 Å². The maximum absolute atomic E-state index is 12.9. The average molecular weight is 402 g/mol. The molecule has 0 spiro atoms. The maximum Gasteiger partial charge on any atom is 0.416 e. The zero-order valence-corrected chi connectivity index (χ0v) is 15.9. The summed E-state index contributed by atoms with van der Waals surface area (Å²) in [6, 6.07) is 5.09. The zero-order chi connectivity index (χ0) is 19.8. The van der Waals surface area contributed by atoms with Crippen molar-refractivity contribution < 1.29 is 21.6 Å². The van der Waals surface area contributed by atoms with Gasteiger partial charge in [0.15, 0.2) is 0 Å². The van der Waals surface area contributed by atoms with Crippen molar-refractivity contribution in [1.82, 2.24) is 14.1 Å². The number of nitrogens with zero attached hydrogens (tertiary/aromatic N) is 4. The van der Waals surface area contributed by atoms with Crippen molar-refractivity contribution in [2.45, 2.75) is 31.5 Å². The Hall–Kier alpha value is -2.07. The molecule has 6 nitrogen and oxygen atoms in total. The number of rotatable bonds is 4. The van der Waals surface area contributed by atoms with Gasteiger partial charge < -0.3 is 4.90 Å². The summed E-state index contributed by atoms with van der Waals surface area (Å²) in [5.74, 6) is 0. The predicted octanol–water partition coefficient (Wildman–Crippen LogP) is 2.74. The van der Waals surface area contributed by atoms with Gasteiger partial charge in [0.25, 0.3) is 0 Å². The van der Waals surface area contributed by atoms with Crippen molar-refractivity contribution in [3.63, 3.8) is 0 Å². The van der Waals surface area contributed by atoms with E-state index in [4.69, 9.17) is 0 Å². The van der Waals surface area contributed by atoms with Crippen LogP contribution >= 0.6 is 0 Å². The number of alkyl halides is 3. The van der Waals surface area contributed by atoms with Gasteiger partial charge in [-0.15, -0.1) is 0 Å². The van der Waals surface area contributed by atoms with Gasteiger partial charge in [-0.05, 0) is 32.0 Å². The van der Waals surface area contributed by atoms with Crippen LogP contribution in [-0.4, -0.2) is 48.7 Å². The van der Waals surface area contributed by atoms with Gasteiger partial charge in [0.1, 0.15) is 4.90 Å². The molecule has 0 atom stereocenters. The van der Waals surface area contributed by atoms with E-state index in [1.165, 1.54) is 16.6 Å². The molecule has 1 aromatic carbocycles. The second-order valence-electron chi connectivity index (χ2n) is 6.37. The molecule has 1 saturated heterocycles. The fourth-order valence-electron chi connectivity index (χ4n) is 3.12. The maximum atomic E-state index is 12.9. The zero-order valence-electron chi connectivity index (χ0n) is 15.1. The van der Waals surface area contributed by atoms with Gasteiger partial charge in [-0.1, -0.05) is 6.07 Å². The lowest BCUT2D eigenvalue weighted by Gasteiger charge is -2.35. The van der Waals surface area contributed by atoms with Crippen LogP contribution in [0.25, 0.3) is 0 Å². The number of piperazine rings is 1. The van der Waals surface area contributed by atoms with E-state index >= 15 is 0 Å². The van der Waals surface area contributed by atoms with Crippen LogP contribution in [0.2, 0.25) is 0 Å². The molecule has 0 unspecified atom stereocenters. The molecule has 3 rings (SSSR count). The monoisotopic (exact) mass is 402 g/mol. The minimum atomic E-state index is -4.40. The number of sulfonamides is 1. The second-order valence-corrected chi connectivity index (χ2v) is 8.28. The number of halogens is 3. The van der Waals surface area contributed by atoms with Gasteiger partial charge in [0.05, 0.1) is 11.3 Å². The first-order valence-corrected chi connectivity index (χ1v) is 10.0. The fraction of sp³-hybridized carbons (Fsp3) is 0.471. The Bertz CT molecular complexity index is 917. The molecule has 10 heteroatoms. The molecular formula is C17H21F3N4O2S. The van der Waals surface area contributed by atoms with E-state index in [0.717, 1.165) is 12.1 Å². The Labute approximate surface area is 156 Å². The molecular weight excluding hydrogens is 381 g/mol. The van der Waals surface area contributed by atoms with Gasteiger partial charge >= 0.3 is 6.18 Å². The largest absolute Gasteiger partial charge is 0.416 e. The van der Waals surface area contributed by atoms with Crippen LogP contribution in [-0.2, 0) is 22.7 Å². The van der Waals surface area contributed by atoms with Crippen LogP contribution in [0.4, 0.5) is 18.9 Å². The van der Waals surface area contributed by atoms with Crippen LogP contribution in [0.5, 0.6) is 0 Å². The lowest BCUT2D eigenvalue weighted by Crippen LogP contribution is -2.48. The summed E-state index contributed by atoms with van der Waals surface area (Å²) >= 11 is 0. The summed E-state index contributed by atoms with van der Waals surface area (Å²) in [6.45, 7) is 5.14. The molecule has 1 aliphatic heterocycles. The van der Waals surface area contributed by atoms with Gasteiger partial charge in [0, 0.05) is 44.6 Å². The van der Waals surface area contributed by atoms with Gasteiger partial charge in [0.2, 0.25) is 10.0 Å². The van der Waals surface area contributed by atoms with Crippen molar-refractivity contribution in [3.05, 3.63) is 41.7 Å². The van der Waals surface area contributed by atoms with E-state index in [-0.39, 0.29) is 18.0 Å². The quantitative estimate of drug-likeness (QED) is 0.789. The highest BCUT2D eigenvalue weighted by Gasteiger charge is 2.33. The summed E-state index contributed by atoms with van der Waals surface area (Å²) in [4.78, 5) is 1.95. The molecule has 2 heterocycles. The number of anilines is 1. The molecule has 27 heavy (non-hydrogen) atoms. The standard InChI is InChI=1S/C17H21F3N4O2S/c1-3-23-12-16(13(2)21-23)27(25,26)24-9-7-22(8-10-24)15-6-4-5-14(11-15)17(18,19)20/h4-6,11-12H,3,7-10H2,1-2H3. The van der Waals surface area contributed by atoms with E-state index < -0.39 is 21.8 Å². The Balaban J connectivity index is 1.74. The van der Waals surface area contributed by atoms with E-state index in [1.807, 2.05) is 6.92 Å². The Morgan fingerprint density at radius 2 is 1.81 bits per heavy atom. The van der Waals surface area contributed by atoms with Crippen molar-refractivity contribution in [1.29, 1.82) is 0 Å². The predicted molar refractivity (Wildman–Crippen MR) is 95.1 cm³/mol. The molecule has 2 aromatic rings. The van der Waals surface area contributed by atoms with Crippen LogP contribution < -0.4 is 4.90 Å². The van der Waals surface area contributed by atoms with Crippen LogP contribution in [0.15, 0.2) is 35.4 Å². The van der Waals surface area contributed by atoms with Crippen molar-refractivity contribution >= 4 is 15.7 Å². The number of aryl methyl sites for hydroxylation is 2. The SMILES string of the molecule is CCn1cc(S(=O)(=O)N2CCN(c3cccc(C(F)(F)F)c3)CC2)c(C)n1. The normalized spacial score (nSPS) is 16.7. The lowest BCUT2D eigenvalue weighted by atomic mass is 10.1. The summed E-state index contributed by atoms with van der Waals surface area (Å²) in [7, 11) is -3.68. The van der Waals surface area contributed by atoms with E-state index in [1.54, 1.807) is 22.6 Å². The first-order chi connectivity index (χ1) is 12.6. The molecule has 1 aliphatic rings. The molecule has 1 aromatic heterocycles. The molecule has 0 amide bonds. The smallest absolute Gasteiger partial charge is 0.369 e. The van der Waals surface area contributed by atoms with Gasteiger partial charge in [-0.2, -0.15) is 22.6 Å². The number of aromatic nitrogens is 2. The number of hydrogen-bond donors (Lipinski definition) is 0. The highest BCUT2D eigenvalue weighted by atomic mass is 32.2. The first-order valence-electron chi connectivity index (χ1n) is 8.59. The summed E-state index contributed by atoms with van der Waals surface area (Å²) in [6.07, 6.45) is -2.89. The second kappa shape index (κ2) is 7.16. The van der Waals surface area contributed by atoms with E-state index in [0.29, 0.717) is 31.0 Å². The lowest BCUT2D eigenvalue weighted by molar-refractivity contribution is -0.137. The molecule has 1 fully saturated rings. The highest BCUT2D eigenvalue weighted by Crippen LogP contribution is 2.32. The topological polar surface area (TPSA) is 58.4 Å². The highest BCUT2D eigenvalue weighted by molar-refractivity contribution is 7.89. The van der Waals surface area contributed by atoms with Crippen molar-refractivity contribution in [3.8, 4) is 0 Å². The Morgan fingerprint density at radius 3 is 2.37 bits per heavy atom. The Morgan fingerprint density at radius 1 is 1.15 bits per heavy atom. The van der Waals surface area contributed by atoms with Crippen LogP contribution in [0.1, 0.15) is 18.2 Å². The number of hydrogen-bond acceptors (Lipinski definition) is 4. The molecule has 0 N–H and O–H groups in total. The first kappa shape index (κ1) is 19.7. The van der Waals surface area contributed by atoms with Crippen LogP contribution in [0.3, 0.4) is 0 Å². The molecule has 0 radical (unpaired) electrons. The van der Waals surface area contributed by atoms with E-state index in [9.17, 15) is 21.6 Å². The van der Waals surface area contributed by atoms with Crippen LogP contribution in [0, 0.1) is 6.92 Å². The van der Waals surface area contributed by atoms with E-state index in [2.05, 4.69) is 5.10 Å². The minimum absolute atomic E-state index is 0.178. The Kier molecular flexibility index (Phi) is 5.22. The average Bonchev–Trinajstić information content (AvgIpc) is 3.03. The summed E-state index contributed by atoms with van der Waals surface area (Å²) in [5.41, 5.74) is 0.173. The summed E-state index contributed by atoms with van der Waals surface area (Å²) < 4.78 is 67.4. The number of benzene rings is 1. The third-order valence-corrected chi connectivity index (χ3v) is 6.62. The molecule has 0 aliphatic carbocycles. The molecule has 148 valence electrons. The fourth-order valence-corrected chi connectivity index (χ4v) is 4.71. The molecule has 0 saturated carbocycles. The third kappa shape index (κ3) is 3.96.